The van der Waals surface area contributed by atoms with E-state index in [0.29, 0.717) is 25.9 Å². The van der Waals surface area contributed by atoms with Gasteiger partial charge in [-0.1, -0.05) is 18.2 Å². The predicted octanol–water partition coefficient (Wildman–Crippen LogP) is 1.01. The van der Waals surface area contributed by atoms with Gasteiger partial charge in [0.2, 0.25) is 5.91 Å². The summed E-state index contributed by atoms with van der Waals surface area (Å²) in [6.07, 6.45) is 6.64. The third kappa shape index (κ3) is 4.37. The first-order valence-electron chi connectivity index (χ1n) is 8.91. The Balaban J connectivity index is 1.65. The van der Waals surface area contributed by atoms with Crippen LogP contribution in [0.2, 0.25) is 0 Å². The van der Waals surface area contributed by atoms with Gasteiger partial charge in [0.1, 0.15) is 0 Å². The van der Waals surface area contributed by atoms with Gasteiger partial charge in [-0.15, -0.1) is 0 Å². The van der Waals surface area contributed by atoms with Crippen molar-refractivity contribution in [3.8, 4) is 5.69 Å². The third-order valence-electron chi connectivity index (χ3n) is 4.77. The van der Waals surface area contributed by atoms with Crippen LogP contribution in [0.4, 0.5) is 0 Å². The molecule has 1 aliphatic rings. The summed E-state index contributed by atoms with van der Waals surface area (Å²) in [5.74, 6) is -0.456. The van der Waals surface area contributed by atoms with Gasteiger partial charge in [-0.05, 0) is 24.5 Å². The number of amides is 1. The Kier molecular flexibility index (Phi) is 5.93. The SMILES string of the molecule is CN(C)S(=O)(=O)N1CCC[C@H](C(=O)NCc2ccccc2-n2ccnc2)C1. The van der Waals surface area contributed by atoms with E-state index < -0.39 is 10.2 Å². The van der Waals surface area contributed by atoms with Crippen LogP contribution in [0, 0.1) is 5.92 Å². The third-order valence-corrected chi connectivity index (χ3v) is 6.68. The van der Waals surface area contributed by atoms with Crippen molar-refractivity contribution in [2.24, 2.45) is 5.92 Å². The van der Waals surface area contributed by atoms with Gasteiger partial charge in [0.05, 0.1) is 17.9 Å². The molecule has 146 valence electrons. The summed E-state index contributed by atoms with van der Waals surface area (Å²) in [7, 11) is -0.481. The average molecular weight is 391 g/mol. The standard InChI is InChI=1S/C18H25N5O3S/c1-21(2)27(25,26)23-10-5-7-16(13-23)18(24)20-12-15-6-3-4-8-17(15)22-11-9-19-14-22/h3-4,6,8-9,11,14,16H,5,7,10,12-13H2,1-2H3,(H,20,24)/t16-/m0/s1. The quantitative estimate of drug-likeness (QED) is 0.796. The molecule has 9 heteroatoms. The smallest absolute Gasteiger partial charge is 0.281 e. The summed E-state index contributed by atoms with van der Waals surface area (Å²) >= 11 is 0. The zero-order chi connectivity index (χ0) is 19.4. The Labute approximate surface area is 160 Å². The number of hydrogen-bond acceptors (Lipinski definition) is 4. The number of para-hydroxylation sites is 1. The van der Waals surface area contributed by atoms with Crippen molar-refractivity contribution in [1.82, 2.24) is 23.5 Å². The summed E-state index contributed by atoms with van der Waals surface area (Å²) < 4.78 is 29.1. The van der Waals surface area contributed by atoms with Crippen LogP contribution >= 0.6 is 0 Å². The Morgan fingerprint density at radius 3 is 2.81 bits per heavy atom. The molecule has 0 saturated carbocycles. The maximum Gasteiger partial charge on any atom is 0.281 e. The highest BCUT2D eigenvalue weighted by molar-refractivity contribution is 7.86. The number of rotatable bonds is 6. The molecule has 3 rings (SSSR count). The van der Waals surface area contributed by atoms with Crippen molar-refractivity contribution in [3.05, 3.63) is 48.5 Å². The Bertz CT molecular complexity index is 880. The second-order valence-electron chi connectivity index (χ2n) is 6.80. The van der Waals surface area contributed by atoms with Gasteiger partial charge in [-0.25, -0.2) is 4.98 Å². The maximum atomic E-state index is 12.6. The van der Waals surface area contributed by atoms with Gasteiger partial charge < -0.3 is 9.88 Å². The lowest BCUT2D eigenvalue weighted by Gasteiger charge is -2.32. The van der Waals surface area contributed by atoms with E-state index in [0.717, 1.165) is 11.3 Å². The lowest BCUT2D eigenvalue weighted by Crippen LogP contribution is -2.48. The van der Waals surface area contributed by atoms with Crippen LogP contribution in [-0.2, 0) is 21.5 Å². The summed E-state index contributed by atoms with van der Waals surface area (Å²) in [5.41, 5.74) is 1.92. The van der Waals surface area contributed by atoms with Crippen LogP contribution < -0.4 is 5.32 Å². The zero-order valence-corrected chi connectivity index (χ0v) is 16.4. The van der Waals surface area contributed by atoms with Crippen LogP contribution in [0.3, 0.4) is 0 Å². The minimum Gasteiger partial charge on any atom is -0.352 e. The molecule has 0 unspecified atom stereocenters. The topological polar surface area (TPSA) is 87.5 Å². The molecule has 0 bridgehead atoms. The van der Waals surface area contributed by atoms with Crippen molar-refractivity contribution in [2.75, 3.05) is 27.2 Å². The van der Waals surface area contributed by atoms with E-state index in [1.165, 1.54) is 22.7 Å². The molecular weight excluding hydrogens is 366 g/mol. The number of hydrogen-bond donors (Lipinski definition) is 1. The van der Waals surface area contributed by atoms with Crippen LogP contribution in [0.5, 0.6) is 0 Å². The van der Waals surface area contributed by atoms with Gasteiger partial charge in [-0.3, -0.25) is 4.79 Å². The normalized spacial score (nSPS) is 18.6. The number of carbonyl (C=O) groups excluding carboxylic acids is 1. The number of imidazole rings is 1. The van der Waals surface area contributed by atoms with Crippen molar-refractivity contribution in [1.29, 1.82) is 0 Å². The van der Waals surface area contributed by atoms with Crippen molar-refractivity contribution >= 4 is 16.1 Å². The molecule has 1 atom stereocenters. The summed E-state index contributed by atoms with van der Waals surface area (Å²) in [6.45, 7) is 1.05. The molecule has 0 spiro atoms. The molecular formula is C18H25N5O3S. The molecule has 8 nitrogen and oxygen atoms in total. The summed E-state index contributed by atoms with van der Waals surface area (Å²) in [5, 5.41) is 2.96. The molecule has 1 aliphatic heterocycles. The summed E-state index contributed by atoms with van der Waals surface area (Å²) in [4.78, 5) is 16.7. The fourth-order valence-electron chi connectivity index (χ4n) is 3.24. The van der Waals surface area contributed by atoms with Gasteiger partial charge in [-0.2, -0.15) is 17.0 Å². The van der Waals surface area contributed by atoms with Gasteiger partial charge in [0, 0.05) is 46.1 Å². The molecule has 1 saturated heterocycles. The number of nitrogens with zero attached hydrogens (tertiary/aromatic N) is 4. The molecule has 1 aromatic heterocycles. The highest BCUT2D eigenvalue weighted by Gasteiger charge is 2.33. The minimum absolute atomic E-state index is 0.117. The van der Waals surface area contributed by atoms with Crippen LogP contribution in [0.15, 0.2) is 43.0 Å². The van der Waals surface area contributed by atoms with E-state index in [1.54, 1.807) is 12.5 Å². The lowest BCUT2D eigenvalue weighted by atomic mass is 9.98. The molecule has 1 aromatic carbocycles. The molecule has 1 amide bonds. The monoisotopic (exact) mass is 391 g/mol. The molecule has 0 aliphatic carbocycles. The first-order chi connectivity index (χ1) is 12.9. The fraction of sp³-hybridized carbons (Fsp3) is 0.444. The second kappa shape index (κ2) is 8.20. The number of carbonyl (C=O) groups is 1. The molecule has 2 aromatic rings. The van der Waals surface area contributed by atoms with Gasteiger partial charge >= 0.3 is 0 Å². The lowest BCUT2D eigenvalue weighted by molar-refractivity contribution is -0.126. The summed E-state index contributed by atoms with van der Waals surface area (Å²) in [6, 6.07) is 7.79. The number of aromatic nitrogens is 2. The number of piperidine rings is 1. The Hall–Kier alpha value is -2.23. The number of nitrogens with one attached hydrogen (secondary N) is 1. The average Bonchev–Trinajstić information content (AvgIpc) is 3.21. The molecule has 1 fully saturated rings. The van der Waals surface area contributed by atoms with Crippen molar-refractivity contribution < 1.29 is 13.2 Å². The first-order valence-corrected chi connectivity index (χ1v) is 10.3. The first kappa shape index (κ1) is 19.5. The van der Waals surface area contributed by atoms with E-state index in [4.69, 9.17) is 0 Å². The molecule has 0 radical (unpaired) electrons. The Morgan fingerprint density at radius 1 is 1.33 bits per heavy atom. The van der Waals surface area contributed by atoms with Crippen LogP contribution in [-0.4, -0.2) is 59.7 Å². The second-order valence-corrected chi connectivity index (χ2v) is 8.95. The largest absolute Gasteiger partial charge is 0.352 e. The van der Waals surface area contributed by atoms with Crippen LogP contribution in [0.25, 0.3) is 5.69 Å². The van der Waals surface area contributed by atoms with E-state index in [9.17, 15) is 13.2 Å². The van der Waals surface area contributed by atoms with E-state index in [1.807, 2.05) is 35.0 Å². The van der Waals surface area contributed by atoms with Gasteiger partial charge in [0.15, 0.2) is 0 Å². The van der Waals surface area contributed by atoms with Crippen LogP contribution in [0.1, 0.15) is 18.4 Å². The van der Waals surface area contributed by atoms with Crippen molar-refractivity contribution in [2.45, 2.75) is 19.4 Å². The van der Waals surface area contributed by atoms with Gasteiger partial charge in [0.25, 0.3) is 10.2 Å². The highest BCUT2D eigenvalue weighted by atomic mass is 32.2. The molecule has 27 heavy (non-hydrogen) atoms. The highest BCUT2D eigenvalue weighted by Crippen LogP contribution is 2.21. The van der Waals surface area contributed by atoms with E-state index in [2.05, 4.69) is 10.3 Å². The van der Waals surface area contributed by atoms with E-state index >= 15 is 0 Å². The maximum absolute atomic E-state index is 12.6. The minimum atomic E-state index is -3.49. The van der Waals surface area contributed by atoms with Crippen molar-refractivity contribution in [3.63, 3.8) is 0 Å². The number of benzene rings is 1. The molecule has 2 heterocycles. The molecule has 1 N–H and O–H groups in total. The fourth-order valence-corrected chi connectivity index (χ4v) is 4.43. The Morgan fingerprint density at radius 2 is 2.11 bits per heavy atom. The van der Waals surface area contributed by atoms with E-state index in [-0.39, 0.29) is 18.4 Å². The zero-order valence-electron chi connectivity index (χ0n) is 15.6. The predicted molar refractivity (Wildman–Crippen MR) is 102 cm³/mol.